The number of carbonyl (C=O) groups is 2. The number of rotatable bonds is 4. The fourth-order valence-electron chi connectivity index (χ4n) is 2.66. The van der Waals surface area contributed by atoms with Crippen LogP contribution in [0.25, 0.3) is 0 Å². The Morgan fingerprint density at radius 1 is 1.23 bits per heavy atom. The molecule has 1 saturated carbocycles. The van der Waals surface area contributed by atoms with E-state index >= 15 is 0 Å². The molecule has 0 aliphatic heterocycles. The van der Waals surface area contributed by atoms with Crippen molar-refractivity contribution in [3.05, 3.63) is 26.4 Å². The molecule has 0 spiro atoms. The van der Waals surface area contributed by atoms with E-state index in [1.54, 1.807) is 0 Å². The smallest absolute Gasteiger partial charge is 0.331 e. The minimum absolute atomic E-state index is 0.288. The van der Waals surface area contributed by atoms with Crippen molar-refractivity contribution in [3.8, 4) is 5.88 Å². The zero-order valence-electron chi connectivity index (χ0n) is 11.8. The number of nitrogens with zero attached hydrogens (tertiary/aromatic N) is 1. The first-order valence-corrected chi connectivity index (χ1v) is 6.99. The summed E-state index contributed by atoms with van der Waals surface area (Å²) in [6.07, 6.45) is 4.12. The number of H-pyrrole nitrogens is 1. The van der Waals surface area contributed by atoms with E-state index in [2.05, 4.69) is 0 Å². The number of carboxylic acid groups (broad SMARTS) is 1. The SMILES string of the molecule is O=C(O)CNC(=O)c1c(O)n(C2CCCCC2)c(=O)[nH]c1=O. The van der Waals surface area contributed by atoms with Crippen molar-refractivity contribution >= 4 is 11.9 Å². The maximum Gasteiger partial charge on any atom is 0.331 e. The lowest BCUT2D eigenvalue weighted by Gasteiger charge is -2.24. The zero-order chi connectivity index (χ0) is 16.3. The van der Waals surface area contributed by atoms with E-state index in [1.165, 1.54) is 0 Å². The van der Waals surface area contributed by atoms with Gasteiger partial charge in [0.2, 0.25) is 5.88 Å². The fourth-order valence-corrected chi connectivity index (χ4v) is 2.66. The number of aromatic amines is 1. The van der Waals surface area contributed by atoms with Crippen LogP contribution in [0.4, 0.5) is 0 Å². The minimum Gasteiger partial charge on any atom is -0.494 e. The standard InChI is InChI=1S/C13H17N3O6/c17-8(18)6-14-10(19)9-11(20)15-13(22)16(12(9)21)7-4-2-1-3-5-7/h7,21H,1-6H2,(H,14,19)(H,17,18)(H,15,20,22). The summed E-state index contributed by atoms with van der Waals surface area (Å²) in [6.45, 7) is -0.694. The van der Waals surface area contributed by atoms with Gasteiger partial charge in [-0.25, -0.2) is 4.79 Å². The van der Waals surface area contributed by atoms with Crippen LogP contribution in [0.5, 0.6) is 5.88 Å². The third-order valence-electron chi connectivity index (χ3n) is 3.69. The first-order valence-electron chi connectivity index (χ1n) is 6.99. The van der Waals surface area contributed by atoms with Gasteiger partial charge in [-0.3, -0.25) is 23.9 Å². The molecule has 4 N–H and O–H groups in total. The van der Waals surface area contributed by atoms with Crippen molar-refractivity contribution in [2.75, 3.05) is 6.54 Å². The van der Waals surface area contributed by atoms with Crippen LogP contribution < -0.4 is 16.6 Å². The molecular weight excluding hydrogens is 294 g/mol. The zero-order valence-corrected chi connectivity index (χ0v) is 11.8. The molecule has 1 aromatic rings. The molecule has 0 bridgehead atoms. The second-order valence-electron chi connectivity index (χ2n) is 5.20. The highest BCUT2D eigenvalue weighted by Gasteiger charge is 2.26. The molecule has 120 valence electrons. The number of carboxylic acids is 1. The third kappa shape index (κ3) is 3.18. The van der Waals surface area contributed by atoms with E-state index in [4.69, 9.17) is 5.11 Å². The number of carbonyl (C=O) groups excluding carboxylic acids is 1. The molecule has 9 nitrogen and oxygen atoms in total. The first kappa shape index (κ1) is 15.8. The van der Waals surface area contributed by atoms with Crippen molar-refractivity contribution in [1.82, 2.24) is 14.9 Å². The van der Waals surface area contributed by atoms with Gasteiger partial charge in [0.05, 0.1) is 0 Å². The van der Waals surface area contributed by atoms with Crippen molar-refractivity contribution in [3.63, 3.8) is 0 Å². The van der Waals surface area contributed by atoms with E-state index < -0.39 is 41.1 Å². The Hall–Kier alpha value is -2.58. The number of amides is 1. The van der Waals surface area contributed by atoms with Gasteiger partial charge in [0.1, 0.15) is 6.54 Å². The molecule has 0 atom stereocenters. The predicted molar refractivity (Wildman–Crippen MR) is 75.1 cm³/mol. The Balaban J connectivity index is 2.42. The molecule has 22 heavy (non-hydrogen) atoms. The van der Waals surface area contributed by atoms with E-state index in [9.17, 15) is 24.3 Å². The Labute approximate surface area is 124 Å². The highest BCUT2D eigenvalue weighted by Crippen LogP contribution is 2.29. The number of hydrogen-bond acceptors (Lipinski definition) is 5. The summed E-state index contributed by atoms with van der Waals surface area (Å²) in [6, 6.07) is -0.288. The maximum absolute atomic E-state index is 11.9. The van der Waals surface area contributed by atoms with E-state index in [-0.39, 0.29) is 6.04 Å². The summed E-state index contributed by atoms with van der Waals surface area (Å²) in [5, 5.41) is 20.7. The predicted octanol–water partition coefficient (Wildman–Crippen LogP) is -0.438. The summed E-state index contributed by atoms with van der Waals surface area (Å²) >= 11 is 0. The monoisotopic (exact) mass is 311 g/mol. The highest BCUT2D eigenvalue weighted by atomic mass is 16.4. The van der Waals surface area contributed by atoms with Crippen LogP contribution in [0.15, 0.2) is 9.59 Å². The molecule has 0 saturated heterocycles. The van der Waals surface area contributed by atoms with Gasteiger partial charge in [-0.15, -0.1) is 0 Å². The summed E-state index contributed by atoms with van der Waals surface area (Å²) in [7, 11) is 0. The van der Waals surface area contributed by atoms with E-state index in [0.717, 1.165) is 23.8 Å². The Morgan fingerprint density at radius 3 is 2.45 bits per heavy atom. The average molecular weight is 311 g/mol. The topological polar surface area (TPSA) is 141 Å². The summed E-state index contributed by atoms with van der Waals surface area (Å²) < 4.78 is 1.01. The van der Waals surface area contributed by atoms with Crippen LogP contribution in [-0.2, 0) is 4.79 Å². The molecule has 2 rings (SSSR count). The van der Waals surface area contributed by atoms with Crippen LogP contribution in [0.3, 0.4) is 0 Å². The van der Waals surface area contributed by atoms with Gasteiger partial charge in [-0.05, 0) is 12.8 Å². The number of aliphatic carboxylic acids is 1. The Morgan fingerprint density at radius 2 is 1.86 bits per heavy atom. The molecule has 1 amide bonds. The summed E-state index contributed by atoms with van der Waals surface area (Å²) in [4.78, 5) is 48.0. The van der Waals surface area contributed by atoms with Gasteiger partial charge in [0, 0.05) is 6.04 Å². The van der Waals surface area contributed by atoms with Crippen LogP contribution in [0.1, 0.15) is 48.5 Å². The molecule has 9 heteroatoms. The van der Waals surface area contributed by atoms with Crippen molar-refractivity contribution in [2.24, 2.45) is 0 Å². The van der Waals surface area contributed by atoms with Crippen molar-refractivity contribution in [1.29, 1.82) is 0 Å². The van der Waals surface area contributed by atoms with Crippen molar-refractivity contribution < 1.29 is 19.8 Å². The molecule has 1 aromatic heterocycles. The summed E-state index contributed by atoms with van der Waals surface area (Å²) in [5.74, 6) is -3.04. The number of aromatic nitrogens is 2. The third-order valence-corrected chi connectivity index (χ3v) is 3.69. The minimum atomic E-state index is -1.29. The second-order valence-corrected chi connectivity index (χ2v) is 5.20. The van der Waals surface area contributed by atoms with Gasteiger partial charge < -0.3 is 15.5 Å². The molecule has 1 fully saturated rings. The van der Waals surface area contributed by atoms with Gasteiger partial charge in [0.15, 0.2) is 5.56 Å². The lowest BCUT2D eigenvalue weighted by atomic mass is 9.95. The second kappa shape index (κ2) is 6.46. The largest absolute Gasteiger partial charge is 0.494 e. The van der Waals surface area contributed by atoms with E-state index in [1.807, 2.05) is 10.3 Å². The highest BCUT2D eigenvalue weighted by molar-refractivity contribution is 5.97. The van der Waals surface area contributed by atoms with Gasteiger partial charge in [-0.2, -0.15) is 0 Å². The quantitative estimate of drug-likeness (QED) is 0.594. The van der Waals surface area contributed by atoms with Crippen molar-refractivity contribution in [2.45, 2.75) is 38.1 Å². The Bertz CT molecular complexity index is 699. The van der Waals surface area contributed by atoms with Crippen LogP contribution in [0, 0.1) is 0 Å². The van der Waals surface area contributed by atoms with Gasteiger partial charge in [-0.1, -0.05) is 19.3 Å². The van der Waals surface area contributed by atoms with Crippen LogP contribution in [0.2, 0.25) is 0 Å². The molecule has 0 radical (unpaired) electrons. The van der Waals surface area contributed by atoms with Crippen LogP contribution in [-0.4, -0.2) is 38.2 Å². The normalized spacial score (nSPS) is 15.5. The number of hydrogen-bond donors (Lipinski definition) is 4. The molecule has 0 unspecified atom stereocenters. The number of aromatic hydroxyl groups is 1. The lowest BCUT2D eigenvalue weighted by Crippen LogP contribution is -2.40. The molecule has 0 aromatic carbocycles. The summed E-state index contributed by atoms with van der Waals surface area (Å²) in [5.41, 5.74) is -2.46. The molecule has 1 aliphatic rings. The lowest BCUT2D eigenvalue weighted by molar-refractivity contribution is -0.135. The van der Waals surface area contributed by atoms with Gasteiger partial charge in [0.25, 0.3) is 11.5 Å². The first-order chi connectivity index (χ1) is 10.4. The van der Waals surface area contributed by atoms with Gasteiger partial charge >= 0.3 is 11.7 Å². The van der Waals surface area contributed by atoms with Crippen LogP contribution >= 0.6 is 0 Å². The fraction of sp³-hybridized carbons (Fsp3) is 0.538. The molecule has 1 aliphatic carbocycles. The molecular formula is C13H17N3O6. The average Bonchev–Trinajstić information content (AvgIpc) is 2.45. The Kier molecular flexibility index (Phi) is 4.64. The van der Waals surface area contributed by atoms with E-state index in [0.29, 0.717) is 12.8 Å². The maximum atomic E-state index is 11.9. The number of nitrogens with one attached hydrogen (secondary N) is 2. The molecule has 1 heterocycles.